The summed E-state index contributed by atoms with van der Waals surface area (Å²) in [5, 5.41) is 0. The Hall–Kier alpha value is -0.820. The smallest absolute Gasteiger partial charge is 0.252 e. The van der Waals surface area contributed by atoms with Crippen LogP contribution in [0.3, 0.4) is 0 Å². The first-order valence-corrected chi connectivity index (χ1v) is 15.7. The monoisotopic (exact) mass is 542 g/mol. The van der Waals surface area contributed by atoms with Crippen LogP contribution in [-0.4, -0.2) is 19.5 Å². The van der Waals surface area contributed by atoms with E-state index in [0.717, 1.165) is 44.9 Å². The molecule has 0 saturated heterocycles. The summed E-state index contributed by atoms with van der Waals surface area (Å²) in [6, 6.07) is 0. The van der Waals surface area contributed by atoms with Crippen LogP contribution in [0, 0.1) is 51.2 Å². The molecular formula is C30H45F3O3S. The standard InChI is InChI=1S/C30H45F3O3S/c1-7-14-29(36-37(34,35)30(31,32)33)19-12-20-11-17-27(5)21(24(20)29)9-10-23-26(4)16-8-15-25(2,3)22(26)13-18-28(23,27)6/h7-8,14-15,20-24H,9-13,16-19H2,1-6H3. The van der Waals surface area contributed by atoms with Gasteiger partial charge in [0.2, 0.25) is 0 Å². The Kier molecular flexibility index (Phi) is 6.26. The van der Waals surface area contributed by atoms with Gasteiger partial charge in [0.1, 0.15) is 5.60 Å². The molecule has 5 aliphatic carbocycles. The van der Waals surface area contributed by atoms with E-state index in [1.54, 1.807) is 19.1 Å². The SMILES string of the molecule is CC=CC1(OS(=O)(=O)C(F)(F)F)CCC2CCC3(C)C(CCC4C5(C)CC=CC(C)(C)C5CCC43C)C21. The predicted molar refractivity (Wildman–Crippen MR) is 140 cm³/mol. The number of alkyl halides is 3. The topological polar surface area (TPSA) is 43.4 Å². The first-order chi connectivity index (χ1) is 17.0. The molecule has 9 atom stereocenters. The maximum Gasteiger partial charge on any atom is 0.523 e. The van der Waals surface area contributed by atoms with Gasteiger partial charge in [-0.25, -0.2) is 0 Å². The third-order valence-electron chi connectivity index (χ3n) is 12.6. The van der Waals surface area contributed by atoms with Crippen LogP contribution in [-0.2, 0) is 14.3 Å². The molecule has 5 rings (SSSR count). The van der Waals surface area contributed by atoms with E-state index in [1.165, 1.54) is 0 Å². The summed E-state index contributed by atoms with van der Waals surface area (Å²) in [5.41, 5.74) is -6.49. The van der Waals surface area contributed by atoms with Gasteiger partial charge >= 0.3 is 15.6 Å². The van der Waals surface area contributed by atoms with Crippen LogP contribution in [0.15, 0.2) is 24.3 Å². The molecule has 37 heavy (non-hydrogen) atoms. The molecule has 4 fully saturated rings. The second kappa shape index (κ2) is 8.34. The Morgan fingerprint density at radius 1 is 0.892 bits per heavy atom. The molecule has 0 aromatic heterocycles. The Balaban J connectivity index is 1.56. The van der Waals surface area contributed by atoms with Gasteiger partial charge < -0.3 is 0 Å². The summed E-state index contributed by atoms with van der Waals surface area (Å²) in [6.07, 6.45) is 16.5. The molecule has 3 nitrogen and oxygen atoms in total. The lowest BCUT2D eigenvalue weighted by Crippen LogP contribution is -2.65. The molecule has 210 valence electrons. The van der Waals surface area contributed by atoms with Crippen molar-refractivity contribution in [3.63, 3.8) is 0 Å². The molecule has 0 N–H and O–H groups in total. The summed E-state index contributed by atoms with van der Waals surface area (Å²) in [7, 11) is -5.71. The van der Waals surface area contributed by atoms with Crippen molar-refractivity contribution in [1.82, 2.24) is 0 Å². The normalized spacial score (nSPS) is 49.3. The fourth-order valence-electron chi connectivity index (χ4n) is 11.1. The summed E-state index contributed by atoms with van der Waals surface area (Å²) in [4.78, 5) is 0. The predicted octanol–water partition coefficient (Wildman–Crippen LogP) is 8.43. The maximum absolute atomic E-state index is 13.5. The lowest BCUT2D eigenvalue weighted by molar-refractivity contribution is -0.223. The van der Waals surface area contributed by atoms with E-state index in [4.69, 9.17) is 4.18 Å². The van der Waals surface area contributed by atoms with E-state index in [-0.39, 0.29) is 39.4 Å². The quantitative estimate of drug-likeness (QED) is 0.204. The van der Waals surface area contributed by atoms with Gasteiger partial charge in [0.05, 0.1) is 0 Å². The number of hydrogen-bond acceptors (Lipinski definition) is 3. The van der Waals surface area contributed by atoms with Gasteiger partial charge in [0.15, 0.2) is 0 Å². The van der Waals surface area contributed by atoms with Crippen LogP contribution in [0.2, 0.25) is 0 Å². The summed E-state index contributed by atoms with van der Waals surface area (Å²) in [5.74, 6) is 1.28. The second-order valence-corrected chi connectivity index (χ2v) is 15.9. The minimum Gasteiger partial charge on any atom is -0.252 e. The van der Waals surface area contributed by atoms with Crippen molar-refractivity contribution in [2.24, 2.45) is 51.2 Å². The van der Waals surface area contributed by atoms with Gasteiger partial charge in [-0.05, 0) is 116 Å². The lowest BCUT2D eigenvalue weighted by Gasteiger charge is -2.71. The van der Waals surface area contributed by atoms with Crippen molar-refractivity contribution in [2.45, 2.75) is 110 Å². The Labute approximate surface area is 221 Å². The van der Waals surface area contributed by atoms with Crippen LogP contribution in [0.25, 0.3) is 0 Å². The summed E-state index contributed by atoms with van der Waals surface area (Å²) >= 11 is 0. The molecule has 0 heterocycles. The fourth-order valence-corrected chi connectivity index (χ4v) is 11.9. The van der Waals surface area contributed by atoms with Crippen LogP contribution >= 0.6 is 0 Å². The van der Waals surface area contributed by atoms with Crippen molar-refractivity contribution < 1.29 is 25.8 Å². The molecule has 0 aliphatic heterocycles. The average molecular weight is 543 g/mol. The van der Waals surface area contributed by atoms with Crippen molar-refractivity contribution in [1.29, 1.82) is 0 Å². The number of rotatable bonds is 3. The first-order valence-electron chi connectivity index (χ1n) is 14.3. The highest BCUT2D eigenvalue weighted by Gasteiger charge is 2.70. The van der Waals surface area contributed by atoms with E-state index in [9.17, 15) is 21.6 Å². The van der Waals surface area contributed by atoms with E-state index in [1.807, 2.05) is 0 Å². The number of allylic oxidation sites excluding steroid dienone is 3. The zero-order valence-electron chi connectivity index (χ0n) is 23.3. The number of hydrogen-bond donors (Lipinski definition) is 0. The molecule has 0 amide bonds. The average Bonchev–Trinajstić information content (AvgIpc) is 3.10. The van der Waals surface area contributed by atoms with Crippen LogP contribution in [0.5, 0.6) is 0 Å². The Morgan fingerprint density at radius 3 is 2.19 bits per heavy atom. The van der Waals surface area contributed by atoms with E-state index in [2.05, 4.69) is 46.8 Å². The third-order valence-corrected chi connectivity index (χ3v) is 13.7. The molecular weight excluding hydrogens is 497 g/mol. The van der Waals surface area contributed by atoms with Crippen molar-refractivity contribution in [2.75, 3.05) is 0 Å². The molecule has 0 aromatic rings. The van der Waals surface area contributed by atoms with Crippen LogP contribution < -0.4 is 0 Å². The maximum atomic E-state index is 13.5. The molecule has 0 bridgehead atoms. The fraction of sp³-hybridized carbons (Fsp3) is 0.867. The van der Waals surface area contributed by atoms with Crippen molar-refractivity contribution >= 4 is 10.1 Å². The lowest BCUT2D eigenvalue weighted by atomic mass is 9.33. The largest absolute Gasteiger partial charge is 0.523 e. The summed E-state index contributed by atoms with van der Waals surface area (Å²) < 4.78 is 70.6. The summed E-state index contributed by atoms with van der Waals surface area (Å²) in [6.45, 7) is 13.9. The van der Waals surface area contributed by atoms with E-state index < -0.39 is 21.2 Å². The highest BCUT2D eigenvalue weighted by molar-refractivity contribution is 7.87. The highest BCUT2D eigenvalue weighted by atomic mass is 32.2. The highest BCUT2D eigenvalue weighted by Crippen LogP contribution is 2.76. The van der Waals surface area contributed by atoms with Gasteiger partial charge in [-0.1, -0.05) is 58.9 Å². The molecule has 4 saturated carbocycles. The van der Waals surface area contributed by atoms with Crippen LogP contribution in [0.4, 0.5) is 13.2 Å². The zero-order valence-corrected chi connectivity index (χ0v) is 24.1. The van der Waals surface area contributed by atoms with Gasteiger partial charge in [-0.3, -0.25) is 4.18 Å². The Bertz CT molecular complexity index is 1090. The van der Waals surface area contributed by atoms with Gasteiger partial charge in [0, 0.05) is 0 Å². The molecule has 0 aromatic carbocycles. The van der Waals surface area contributed by atoms with Crippen molar-refractivity contribution in [3.05, 3.63) is 24.3 Å². The molecule has 7 heteroatoms. The molecule has 5 aliphatic rings. The van der Waals surface area contributed by atoms with Gasteiger partial charge in [0.25, 0.3) is 0 Å². The van der Waals surface area contributed by atoms with Crippen LogP contribution in [0.1, 0.15) is 99.3 Å². The van der Waals surface area contributed by atoms with Gasteiger partial charge in [-0.15, -0.1) is 0 Å². The van der Waals surface area contributed by atoms with Gasteiger partial charge in [-0.2, -0.15) is 21.6 Å². The molecule has 9 unspecified atom stereocenters. The zero-order chi connectivity index (χ0) is 27.3. The van der Waals surface area contributed by atoms with E-state index in [0.29, 0.717) is 24.7 Å². The number of halogens is 3. The van der Waals surface area contributed by atoms with Crippen molar-refractivity contribution in [3.8, 4) is 0 Å². The molecule has 0 spiro atoms. The minimum atomic E-state index is -5.71. The number of fused-ring (bicyclic) bond motifs is 7. The first kappa shape index (κ1) is 27.7. The minimum absolute atomic E-state index is 0.0561. The Morgan fingerprint density at radius 2 is 1.54 bits per heavy atom. The second-order valence-electron chi connectivity index (χ2n) is 14.4. The third kappa shape index (κ3) is 3.71. The van der Waals surface area contributed by atoms with E-state index >= 15 is 0 Å². The molecule has 0 radical (unpaired) electrons.